The quantitative estimate of drug-likeness (QED) is 0.678. The number of hydrogen-bond donors (Lipinski definition) is 1. The number of nitrogens with two attached hydrogens (primary N) is 1. The van der Waals surface area contributed by atoms with Crippen LogP contribution in [0.5, 0.6) is 0 Å². The summed E-state index contributed by atoms with van der Waals surface area (Å²) in [5.74, 6) is 4.06. The highest BCUT2D eigenvalue weighted by molar-refractivity contribution is 5.09. The van der Waals surface area contributed by atoms with E-state index in [1.165, 1.54) is 64.2 Å². The minimum atomic E-state index is 0.485. The van der Waals surface area contributed by atoms with Crippen LogP contribution < -0.4 is 5.73 Å². The Kier molecular flexibility index (Phi) is 3.05. The summed E-state index contributed by atoms with van der Waals surface area (Å²) < 4.78 is 0. The van der Waals surface area contributed by atoms with Crippen LogP contribution >= 0.6 is 0 Å². The maximum absolute atomic E-state index is 6.51. The molecular formula is C19H33N. The van der Waals surface area contributed by atoms with E-state index in [0.29, 0.717) is 16.9 Å². The zero-order valence-electron chi connectivity index (χ0n) is 13.5. The van der Waals surface area contributed by atoms with Gasteiger partial charge in [0.15, 0.2) is 0 Å². The number of hydrogen-bond acceptors (Lipinski definition) is 1. The van der Waals surface area contributed by atoms with E-state index in [1.807, 2.05) is 0 Å². The normalized spacial score (nSPS) is 58.6. The van der Waals surface area contributed by atoms with Crippen LogP contribution in [0.1, 0.15) is 78.1 Å². The molecule has 20 heavy (non-hydrogen) atoms. The minimum Gasteiger partial charge on any atom is -0.327 e. The molecule has 4 aliphatic rings. The molecule has 0 unspecified atom stereocenters. The molecule has 1 heteroatoms. The van der Waals surface area contributed by atoms with Gasteiger partial charge >= 0.3 is 0 Å². The highest BCUT2D eigenvalue weighted by Gasteiger charge is 2.58. The highest BCUT2D eigenvalue weighted by Crippen LogP contribution is 2.65. The maximum Gasteiger partial charge on any atom is 0.00957 e. The summed E-state index contributed by atoms with van der Waals surface area (Å²) in [6.45, 7) is 5.20. The Morgan fingerprint density at radius 1 is 0.750 bits per heavy atom. The fraction of sp³-hybridized carbons (Fsp3) is 1.00. The Labute approximate surface area is 125 Å². The molecule has 7 atom stereocenters. The van der Waals surface area contributed by atoms with Crippen LogP contribution in [0.15, 0.2) is 0 Å². The molecule has 0 amide bonds. The van der Waals surface area contributed by atoms with Gasteiger partial charge in [0.25, 0.3) is 0 Å². The molecule has 4 fully saturated rings. The second-order valence-electron chi connectivity index (χ2n) is 9.13. The topological polar surface area (TPSA) is 26.0 Å². The van der Waals surface area contributed by atoms with Gasteiger partial charge in [-0.3, -0.25) is 0 Å². The van der Waals surface area contributed by atoms with Crippen molar-refractivity contribution < 1.29 is 0 Å². The van der Waals surface area contributed by atoms with E-state index in [-0.39, 0.29) is 0 Å². The van der Waals surface area contributed by atoms with Gasteiger partial charge in [0.05, 0.1) is 0 Å². The molecule has 0 aromatic rings. The third kappa shape index (κ3) is 1.65. The Hall–Kier alpha value is -0.0400. The molecule has 1 nitrogen and oxygen atoms in total. The minimum absolute atomic E-state index is 0.485. The highest BCUT2D eigenvalue weighted by atomic mass is 14.8. The molecule has 4 saturated carbocycles. The Morgan fingerprint density at radius 2 is 1.55 bits per heavy atom. The molecule has 114 valence electrons. The van der Waals surface area contributed by atoms with Crippen molar-refractivity contribution in [1.82, 2.24) is 0 Å². The summed E-state index contributed by atoms with van der Waals surface area (Å²) in [6.07, 6.45) is 14.7. The summed E-state index contributed by atoms with van der Waals surface area (Å²) in [5, 5.41) is 0. The second kappa shape index (κ2) is 4.48. The van der Waals surface area contributed by atoms with Crippen LogP contribution in [-0.4, -0.2) is 6.04 Å². The van der Waals surface area contributed by atoms with Crippen molar-refractivity contribution in [2.75, 3.05) is 0 Å². The molecule has 0 aromatic heterocycles. The molecule has 0 aliphatic heterocycles. The maximum atomic E-state index is 6.51. The number of fused-ring (bicyclic) bond motifs is 5. The predicted molar refractivity (Wildman–Crippen MR) is 84.3 cm³/mol. The molecule has 0 bridgehead atoms. The van der Waals surface area contributed by atoms with Crippen molar-refractivity contribution in [2.45, 2.75) is 84.1 Å². The first-order valence-corrected chi connectivity index (χ1v) is 9.31. The largest absolute Gasteiger partial charge is 0.327 e. The lowest BCUT2D eigenvalue weighted by molar-refractivity contribution is -0.105. The summed E-state index contributed by atoms with van der Waals surface area (Å²) in [5.41, 5.74) is 7.69. The average molecular weight is 275 g/mol. The molecule has 0 saturated heterocycles. The van der Waals surface area contributed by atoms with Gasteiger partial charge in [0.2, 0.25) is 0 Å². The van der Waals surface area contributed by atoms with Crippen molar-refractivity contribution >= 4 is 0 Å². The second-order valence-corrected chi connectivity index (χ2v) is 9.13. The molecule has 0 aromatic carbocycles. The van der Waals surface area contributed by atoms with E-state index in [9.17, 15) is 0 Å². The van der Waals surface area contributed by atoms with Gasteiger partial charge in [0.1, 0.15) is 0 Å². The SMILES string of the molecule is C[C@]12CC[C@H]3[C@@H](CC[C@H]4CCCC[C@@]43C)[C@H]1CC[C@@H]2N. The van der Waals surface area contributed by atoms with Crippen LogP contribution in [0.2, 0.25) is 0 Å². The fourth-order valence-electron chi connectivity index (χ4n) is 7.34. The van der Waals surface area contributed by atoms with Crippen LogP contribution in [0.4, 0.5) is 0 Å². The lowest BCUT2D eigenvalue weighted by Gasteiger charge is -2.60. The molecular weight excluding hydrogens is 242 g/mol. The van der Waals surface area contributed by atoms with Crippen molar-refractivity contribution in [2.24, 2.45) is 40.2 Å². The van der Waals surface area contributed by atoms with E-state index in [1.54, 1.807) is 0 Å². The molecule has 0 spiro atoms. The molecule has 0 radical (unpaired) electrons. The Balaban J connectivity index is 1.64. The Morgan fingerprint density at radius 3 is 2.40 bits per heavy atom. The van der Waals surface area contributed by atoms with Crippen molar-refractivity contribution in [1.29, 1.82) is 0 Å². The average Bonchev–Trinajstić information content (AvgIpc) is 2.74. The molecule has 0 heterocycles. The van der Waals surface area contributed by atoms with Crippen molar-refractivity contribution in [3.63, 3.8) is 0 Å². The number of rotatable bonds is 0. The zero-order valence-corrected chi connectivity index (χ0v) is 13.5. The van der Waals surface area contributed by atoms with Gasteiger partial charge in [0, 0.05) is 6.04 Å². The van der Waals surface area contributed by atoms with E-state index in [0.717, 1.165) is 23.7 Å². The summed E-state index contributed by atoms with van der Waals surface area (Å²) in [7, 11) is 0. The van der Waals surface area contributed by atoms with Gasteiger partial charge in [-0.2, -0.15) is 0 Å². The fourth-order valence-corrected chi connectivity index (χ4v) is 7.34. The van der Waals surface area contributed by atoms with E-state index in [2.05, 4.69) is 13.8 Å². The lowest BCUT2D eigenvalue weighted by Crippen LogP contribution is -2.54. The first-order chi connectivity index (χ1) is 9.56. The smallest absolute Gasteiger partial charge is 0.00957 e. The predicted octanol–water partition coefficient (Wildman–Crippen LogP) is 4.75. The third-order valence-electron chi connectivity index (χ3n) is 8.66. The van der Waals surface area contributed by atoms with Crippen molar-refractivity contribution in [3.8, 4) is 0 Å². The molecule has 2 N–H and O–H groups in total. The third-order valence-corrected chi connectivity index (χ3v) is 8.66. The lowest BCUT2D eigenvalue weighted by atomic mass is 9.45. The van der Waals surface area contributed by atoms with Crippen LogP contribution in [0.25, 0.3) is 0 Å². The van der Waals surface area contributed by atoms with E-state index < -0.39 is 0 Å². The van der Waals surface area contributed by atoms with Gasteiger partial charge in [-0.25, -0.2) is 0 Å². The summed E-state index contributed by atoms with van der Waals surface area (Å²) in [4.78, 5) is 0. The van der Waals surface area contributed by atoms with Crippen molar-refractivity contribution in [3.05, 3.63) is 0 Å². The summed E-state index contributed by atoms with van der Waals surface area (Å²) in [6, 6.07) is 0.491. The van der Waals surface area contributed by atoms with Crippen LogP contribution in [-0.2, 0) is 0 Å². The van der Waals surface area contributed by atoms with Crippen LogP contribution in [0.3, 0.4) is 0 Å². The van der Waals surface area contributed by atoms with E-state index in [4.69, 9.17) is 5.73 Å². The Bertz CT molecular complexity index is 391. The van der Waals surface area contributed by atoms with Gasteiger partial charge in [-0.15, -0.1) is 0 Å². The summed E-state index contributed by atoms with van der Waals surface area (Å²) >= 11 is 0. The standard InChI is InChI=1S/C19H33N/c1-18-11-4-3-5-13(18)6-7-14-15-8-9-17(20)19(15,2)12-10-16(14)18/h13-17H,3-12,20H2,1-2H3/t13-,14+,15-,16+,17+,18+,19+/m1/s1. The zero-order chi connectivity index (χ0) is 14.0. The first-order valence-electron chi connectivity index (χ1n) is 9.31. The van der Waals surface area contributed by atoms with Crippen LogP contribution in [0, 0.1) is 34.5 Å². The first kappa shape index (κ1) is 13.6. The van der Waals surface area contributed by atoms with E-state index >= 15 is 0 Å². The van der Waals surface area contributed by atoms with Gasteiger partial charge in [-0.1, -0.05) is 26.7 Å². The molecule has 4 aliphatic carbocycles. The van der Waals surface area contributed by atoms with Gasteiger partial charge in [-0.05, 0) is 85.9 Å². The van der Waals surface area contributed by atoms with Gasteiger partial charge < -0.3 is 5.73 Å². The monoisotopic (exact) mass is 275 g/mol. The molecule has 4 rings (SSSR count).